The summed E-state index contributed by atoms with van der Waals surface area (Å²) >= 11 is 0. The van der Waals surface area contributed by atoms with Crippen LogP contribution >= 0.6 is 0 Å². The number of carboxylic acids is 1. The molecule has 2 N–H and O–H groups in total. The summed E-state index contributed by atoms with van der Waals surface area (Å²) in [7, 11) is 0. The van der Waals surface area contributed by atoms with Crippen LogP contribution in [-0.4, -0.2) is 23.0 Å². The van der Waals surface area contributed by atoms with Crippen molar-refractivity contribution in [3.63, 3.8) is 0 Å². The Labute approximate surface area is 107 Å². The molecule has 4 nitrogen and oxygen atoms in total. The Balaban J connectivity index is 2.61. The van der Waals surface area contributed by atoms with E-state index in [2.05, 4.69) is 5.32 Å². The Bertz CT molecular complexity index is 429. The van der Waals surface area contributed by atoms with E-state index in [0.717, 1.165) is 17.5 Å². The van der Waals surface area contributed by atoms with E-state index in [1.54, 1.807) is 0 Å². The molecule has 0 fully saturated rings. The lowest BCUT2D eigenvalue weighted by atomic mass is 10.1. The first kappa shape index (κ1) is 14.2. The predicted octanol–water partition coefficient (Wildman–Crippen LogP) is 1.91. The average molecular weight is 249 g/mol. The van der Waals surface area contributed by atoms with Gasteiger partial charge in [-0.05, 0) is 24.5 Å². The largest absolute Gasteiger partial charge is 0.480 e. The van der Waals surface area contributed by atoms with E-state index in [9.17, 15) is 9.59 Å². The molecule has 1 amide bonds. The van der Waals surface area contributed by atoms with E-state index < -0.39 is 12.0 Å². The van der Waals surface area contributed by atoms with Crippen LogP contribution in [0.3, 0.4) is 0 Å². The van der Waals surface area contributed by atoms with Crippen molar-refractivity contribution < 1.29 is 14.7 Å². The van der Waals surface area contributed by atoms with E-state index in [0.29, 0.717) is 6.42 Å². The molecule has 0 aromatic heterocycles. The molecule has 98 valence electrons. The lowest BCUT2D eigenvalue weighted by Crippen LogP contribution is -2.41. The minimum atomic E-state index is -0.977. The standard InChI is InChI=1S/C14H19NO3/c1-3-6-12(14(17)18)15-13(16)9-11-8-5-4-7-10(11)2/h4-5,7-8,12H,3,6,9H2,1-2H3,(H,15,16)(H,17,18). The van der Waals surface area contributed by atoms with Crippen LogP contribution < -0.4 is 5.32 Å². The van der Waals surface area contributed by atoms with Gasteiger partial charge in [0.2, 0.25) is 5.91 Å². The fourth-order valence-corrected chi connectivity index (χ4v) is 1.77. The Morgan fingerprint density at radius 2 is 2.00 bits per heavy atom. The molecule has 1 unspecified atom stereocenters. The maximum Gasteiger partial charge on any atom is 0.326 e. The fraction of sp³-hybridized carbons (Fsp3) is 0.429. The molecule has 1 atom stereocenters. The van der Waals surface area contributed by atoms with E-state index in [1.807, 2.05) is 38.1 Å². The topological polar surface area (TPSA) is 66.4 Å². The number of aliphatic carboxylic acids is 1. The van der Waals surface area contributed by atoms with Crippen molar-refractivity contribution in [3.8, 4) is 0 Å². The van der Waals surface area contributed by atoms with Crippen LogP contribution in [0.2, 0.25) is 0 Å². The molecule has 0 saturated carbocycles. The van der Waals surface area contributed by atoms with Gasteiger partial charge in [-0.1, -0.05) is 37.6 Å². The number of rotatable bonds is 6. The second-order valence-corrected chi connectivity index (χ2v) is 4.35. The van der Waals surface area contributed by atoms with Crippen LogP contribution in [0.1, 0.15) is 30.9 Å². The Morgan fingerprint density at radius 3 is 2.56 bits per heavy atom. The van der Waals surface area contributed by atoms with E-state index >= 15 is 0 Å². The molecular weight excluding hydrogens is 230 g/mol. The maximum atomic E-state index is 11.8. The van der Waals surface area contributed by atoms with Crippen molar-refractivity contribution in [2.45, 2.75) is 39.2 Å². The van der Waals surface area contributed by atoms with Gasteiger partial charge < -0.3 is 10.4 Å². The maximum absolute atomic E-state index is 11.8. The number of benzene rings is 1. The van der Waals surface area contributed by atoms with Gasteiger partial charge >= 0.3 is 5.97 Å². The Hall–Kier alpha value is -1.84. The molecule has 18 heavy (non-hydrogen) atoms. The second-order valence-electron chi connectivity index (χ2n) is 4.35. The van der Waals surface area contributed by atoms with Gasteiger partial charge in [-0.25, -0.2) is 4.79 Å². The molecule has 0 aliphatic carbocycles. The number of carbonyl (C=O) groups excluding carboxylic acids is 1. The van der Waals surface area contributed by atoms with Gasteiger partial charge in [0.25, 0.3) is 0 Å². The minimum Gasteiger partial charge on any atom is -0.480 e. The van der Waals surface area contributed by atoms with E-state index in [4.69, 9.17) is 5.11 Å². The second kappa shape index (κ2) is 6.79. The number of carbonyl (C=O) groups is 2. The SMILES string of the molecule is CCCC(NC(=O)Cc1ccccc1C)C(=O)O. The molecule has 0 spiro atoms. The van der Waals surface area contributed by atoms with Crippen LogP contribution in [0.5, 0.6) is 0 Å². The molecule has 0 saturated heterocycles. The smallest absolute Gasteiger partial charge is 0.326 e. The van der Waals surface area contributed by atoms with Crippen molar-refractivity contribution in [2.75, 3.05) is 0 Å². The number of carboxylic acid groups (broad SMARTS) is 1. The summed E-state index contributed by atoms with van der Waals surface area (Å²) in [5, 5.41) is 11.5. The third kappa shape index (κ3) is 4.20. The van der Waals surface area contributed by atoms with Crippen LogP contribution in [0, 0.1) is 6.92 Å². The van der Waals surface area contributed by atoms with E-state index in [1.165, 1.54) is 0 Å². The van der Waals surface area contributed by atoms with Gasteiger partial charge in [0, 0.05) is 0 Å². The fourth-order valence-electron chi connectivity index (χ4n) is 1.77. The number of aryl methyl sites for hydroxylation is 1. The number of hydrogen-bond donors (Lipinski definition) is 2. The highest BCUT2D eigenvalue weighted by Crippen LogP contribution is 2.08. The number of nitrogens with one attached hydrogen (secondary N) is 1. The zero-order valence-electron chi connectivity index (χ0n) is 10.8. The van der Waals surface area contributed by atoms with Gasteiger partial charge in [0.05, 0.1) is 6.42 Å². The van der Waals surface area contributed by atoms with Crippen molar-refractivity contribution in [2.24, 2.45) is 0 Å². The first-order valence-electron chi connectivity index (χ1n) is 6.11. The van der Waals surface area contributed by atoms with Crippen molar-refractivity contribution in [3.05, 3.63) is 35.4 Å². The molecule has 0 bridgehead atoms. The highest BCUT2D eigenvalue weighted by Gasteiger charge is 2.18. The summed E-state index contributed by atoms with van der Waals surface area (Å²) in [6.45, 7) is 3.83. The summed E-state index contributed by atoms with van der Waals surface area (Å²) in [6, 6.07) is 6.81. The summed E-state index contributed by atoms with van der Waals surface area (Å²) < 4.78 is 0. The van der Waals surface area contributed by atoms with Crippen molar-refractivity contribution in [1.29, 1.82) is 0 Å². The summed E-state index contributed by atoms with van der Waals surface area (Å²) in [5.41, 5.74) is 1.96. The molecule has 1 aromatic rings. The van der Waals surface area contributed by atoms with Gasteiger partial charge in [0.15, 0.2) is 0 Å². The molecule has 1 rings (SSSR count). The zero-order chi connectivity index (χ0) is 13.5. The zero-order valence-corrected chi connectivity index (χ0v) is 10.8. The first-order chi connectivity index (χ1) is 8.54. The highest BCUT2D eigenvalue weighted by atomic mass is 16.4. The normalized spacial score (nSPS) is 11.9. The van der Waals surface area contributed by atoms with Crippen LogP contribution in [0.4, 0.5) is 0 Å². The van der Waals surface area contributed by atoms with Gasteiger partial charge in [-0.15, -0.1) is 0 Å². The lowest BCUT2D eigenvalue weighted by molar-refractivity contribution is -0.141. The molecule has 0 heterocycles. The molecule has 4 heteroatoms. The third-order valence-electron chi connectivity index (χ3n) is 2.82. The van der Waals surface area contributed by atoms with Crippen molar-refractivity contribution in [1.82, 2.24) is 5.32 Å². The average Bonchev–Trinajstić information content (AvgIpc) is 2.31. The minimum absolute atomic E-state index is 0.222. The first-order valence-corrected chi connectivity index (χ1v) is 6.11. The quantitative estimate of drug-likeness (QED) is 0.809. The molecule has 1 aromatic carbocycles. The summed E-state index contributed by atoms with van der Waals surface area (Å²) in [5.74, 6) is -1.22. The van der Waals surface area contributed by atoms with Crippen molar-refractivity contribution >= 4 is 11.9 Å². The molecule has 0 aliphatic rings. The van der Waals surface area contributed by atoms with Gasteiger partial charge in [-0.3, -0.25) is 4.79 Å². The van der Waals surface area contributed by atoms with Crippen LogP contribution in [0.15, 0.2) is 24.3 Å². The monoisotopic (exact) mass is 249 g/mol. The molecule has 0 aliphatic heterocycles. The van der Waals surface area contributed by atoms with Gasteiger partial charge in [-0.2, -0.15) is 0 Å². The van der Waals surface area contributed by atoms with Crippen LogP contribution in [0.25, 0.3) is 0 Å². The Morgan fingerprint density at radius 1 is 1.33 bits per heavy atom. The predicted molar refractivity (Wildman–Crippen MR) is 69.4 cm³/mol. The Kier molecular flexibility index (Phi) is 5.36. The molecular formula is C14H19NO3. The highest BCUT2D eigenvalue weighted by molar-refractivity contribution is 5.85. The number of hydrogen-bond acceptors (Lipinski definition) is 2. The van der Waals surface area contributed by atoms with Crippen LogP contribution in [-0.2, 0) is 16.0 Å². The lowest BCUT2D eigenvalue weighted by Gasteiger charge is -2.14. The number of amides is 1. The van der Waals surface area contributed by atoms with E-state index in [-0.39, 0.29) is 12.3 Å². The summed E-state index contributed by atoms with van der Waals surface area (Å²) in [4.78, 5) is 22.7. The molecule has 0 radical (unpaired) electrons. The third-order valence-corrected chi connectivity index (χ3v) is 2.82. The van der Waals surface area contributed by atoms with Gasteiger partial charge in [0.1, 0.15) is 6.04 Å². The summed E-state index contributed by atoms with van der Waals surface area (Å²) in [6.07, 6.45) is 1.40.